The van der Waals surface area contributed by atoms with Gasteiger partial charge < -0.3 is 5.32 Å². The van der Waals surface area contributed by atoms with Crippen LogP contribution in [0.4, 0.5) is 11.5 Å². The van der Waals surface area contributed by atoms with Crippen LogP contribution in [0.2, 0.25) is 0 Å². The SMILES string of the molecule is Cc1cc(Nc2nc3ccccc3cc2C#N)ccc1Br. The standard InChI is InChI=1S/C17H12BrN3/c1-11-8-14(6-7-15(11)18)20-17-13(10-19)9-12-4-2-3-5-16(12)21-17/h2-9H,1H3,(H,20,21). The lowest BCUT2D eigenvalue weighted by Crippen LogP contribution is -1.98. The summed E-state index contributed by atoms with van der Waals surface area (Å²) >= 11 is 3.48. The van der Waals surface area contributed by atoms with Crippen LogP contribution in [-0.4, -0.2) is 4.98 Å². The second kappa shape index (κ2) is 5.55. The second-order valence-electron chi connectivity index (χ2n) is 4.78. The van der Waals surface area contributed by atoms with Crippen LogP contribution in [0.3, 0.4) is 0 Å². The fourth-order valence-electron chi connectivity index (χ4n) is 2.16. The van der Waals surface area contributed by atoms with E-state index >= 15 is 0 Å². The molecule has 4 heteroatoms. The molecule has 0 aliphatic carbocycles. The lowest BCUT2D eigenvalue weighted by molar-refractivity contribution is 1.33. The van der Waals surface area contributed by atoms with E-state index in [1.54, 1.807) is 0 Å². The normalized spacial score (nSPS) is 10.3. The van der Waals surface area contributed by atoms with Crippen LogP contribution < -0.4 is 5.32 Å². The summed E-state index contributed by atoms with van der Waals surface area (Å²) in [7, 11) is 0. The molecular formula is C17H12BrN3. The van der Waals surface area contributed by atoms with Crippen LogP contribution in [0, 0.1) is 18.3 Å². The van der Waals surface area contributed by atoms with Gasteiger partial charge in [-0.15, -0.1) is 0 Å². The number of benzene rings is 2. The van der Waals surface area contributed by atoms with Gasteiger partial charge in [-0.3, -0.25) is 0 Å². The first kappa shape index (κ1) is 13.6. The average Bonchev–Trinajstić information content (AvgIpc) is 2.50. The van der Waals surface area contributed by atoms with Gasteiger partial charge in [0.2, 0.25) is 0 Å². The molecule has 0 atom stereocenters. The molecule has 21 heavy (non-hydrogen) atoms. The van der Waals surface area contributed by atoms with E-state index in [1.807, 2.05) is 55.5 Å². The Morgan fingerprint density at radius 1 is 1.14 bits per heavy atom. The molecule has 0 amide bonds. The van der Waals surface area contributed by atoms with Crippen molar-refractivity contribution >= 4 is 38.3 Å². The van der Waals surface area contributed by atoms with E-state index in [4.69, 9.17) is 0 Å². The van der Waals surface area contributed by atoms with Crippen molar-refractivity contribution in [3.8, 4) is 6.07 Å². The van der Waals surface area contributed by atoms with Gasteiger partial charge in [-0.2, -0.15) is 5.26 Å². The Morgan fingerprint density at radius 2 is 1.95 bits per heavy atom. The topological polar surface area (TPSA) is 48.7 Å². The number of hydrogen-bond acceptors (Lipinski definition) is 3. The van der Waals surface area contributed by atoms with E-state index in [1.165, 1.54) is 0 Å². The molecule has 1 aromatic heterocycles. The average molecular weight is 338 g/mol. The third-order valence-corrected chi connectivity index (χ3v) is 4.15. The number of anilines is 2. The van der Waals surface area contributed by atoms with Crippen molar-refractivity contribution in [3.05, 3.63) is 64.1 Å². The van der Waals surface area contributed by atoms with Crippen molar-refractivity contribution in [2.75, 3.05) is 5.32 Å². The molecular weight excluding hydrogens is 326 g/mol. The van der Waals surface area contributed by atoms with Gasteiger partial charge in [-0.1, -0.05) is 34.1 Å². The van der Waals surface area contributed by atoms with E-state index in [0.29, 0.717) is 11.4 Å². The van der Waals surface area contributed by atoms with Crippen LogP contribution in [-0.2, 0) is 0 Å². The van der Waals surface area contributed by atoms with Gasteiger partial charge in [0.05, 0.1) is 11.1 Å². The van der Waals surface area contributed by atoms with Crippen molar-refractivity contribution in [2.24, 2.45) is 0 Å². The lowest BCUT2D eigenvalue weighted by atomic mass is 10.1. The molecule has 3 aromatic rings. The minimum Gasteiger partial charge on any atom is -0.339 e. The van der Waals surface area contributed by atoms with E-state index in [-0.39, 0.29) is 0 Å². The number of pyridine rings is 1. The predicted octanol–water partition coefficient (Wildman–Crippen LogP) is 4.92. The minimum atomic E-state index is 0.536. The first-order valence-corrected chi connectivity index (χ1v) is 7.30. The predicted molar refractivity (Wildman–Crippen MR) is 88.6 cm³/mol. The summed E-state index contributed by atoms with van der Waals surface area (Å²) in [5.41, 5.74) is 3.44. The summed E-state index contributed by atoms with van der Waals surface area (Å²) in [5.74, 6) is 0.581. The fourth-order valence-corrected chi connectivity index (χ4v) is 2.40. The van der Waals surface area contributed by atoms with Gasteiger partial charge >= 0.3 is 0 Å². The van der Waals surface area contributed by atoms with Gasteiger partial charge in [0, 0.05) is 15.5 Å². The summed E-state index contributed by atoms with van der Waals surface area (Å²) in [6.07, 6.45) is 0. The molecule has 0 bridgehead atoms. The Morgan fingerprint density at radius 3 is 2.71 bits per heavy atom. The third-order valence-electron chi connectivity index (χ3n) is 3.27. The van der Waals surface area contributed by atoms with Crippen molar-refractivity contribution in [1.82, 2.24) is 4.98 Å². The molecule has 0 spiro atoms. The summed E-state index contributed by atoms with van der Waals surface area (Å²) < 4.78 is 1.06. The quantitative estimate of drug-likeness (QED) is 0.721. The molecule has 0 saturated heterocycles. The second-order valence-corrected chi connectivity index (χ2v) is 5.63. The van der Waals surface area contributed by atoms with Gasteiger partial charge in [0.25, 0.3) is 0 Å². The highest BCUT2D eigenvalue weighted by molar-refractivity contribution is 9.10. The number of rotatable bonds is 2. The Kier molecular flexibility index (Phi) is 3.59. The maximum Gasteiger partial charge on any atom is 0.149 e. The van der Waals surface area contributed by atoms with Crippen LogP contribution in [0.15, 0.2) is 53.0 Å². The van der Waals surface area contributed by atoms with Crippen molar-refractivity contribution in [2.45, 2.75) is 6.92 Å². The van der Waals surface area contributed by atoms with Crippen LogP contribution in [0.25, 0.3) is 10.9 Å². The molecule has 0 aliphatic rings. The number of para-hydroxylation sites is 1. The van der Waals surface area contributed by atoms with Gasteiger partial charge in [-0.05, 0) is 42.8 Å². The smallest absolute Gasteiger partial charge is 0.149 e. The zero-order chi connectivity index (χ0) is 14.8. The summed E-state index contributed by atoms with van der Waals surface area (Å²) in [4.78, 5) is 4.55. The van der Waals surface area contributed by atoms with Crippen molar-refractivity contribution in [1.29, 1.82) is 5.26 Å². The molecule has 0 radical (unpaired) electrons. The first-order chi connectivity index (χ1) is 10.2. The number of aromatic nitrogens is 1. The summed E-state index contributed by atoms with van der Waals surface area (Å²) in [5, 5.41) is 13.5. The first-order valence-electron chi connectivity index (χ1n) is 6.50. The molecule has 0 saturated carbocycles. The zero-order valence-electron chi connectivity index (χ0n) is 11.4. The summed E-state index contributed by atoms with van der Waals surface area (Å²) in [6, 6.07) is 17.8. The molecule has 2 aromatic carbocycles. The minimum absolute atomic E-state index is 0.536. The van der Waals surface area contributed by atoms with Crippen LogP contribution in [0.1, 0.15) is 11.1 Å². The Hall–Kier alpha value is -2.38. The van der Waals surface area contributed by atoms with Gasteiger partial charge in [0.15, 0.2) is 0 Å². The number of fused-ring (bicyclic) bond motifs is 1. The monoisotopic (exact) mass is 337 g/mol. The highest BCUT2D eigenvalue weighted by atomic mass is 79.9. The van der Waals surface area contributed by atoms with E-state index in [0.717, 1.165) is 26.6 Å². The van der Waals surface area contributed by atoms with E-state index in [2.05, 4.69) is 32.3 Å². The zero-order valence-corrected chi connectivity index (χ0v) is 13.0. The highest BCUT2D eigenvalue weighted by Crippen LogP contribution is 2.25. The molecule has 0 aliphatic heterocycles. The largest absolute Gasteiger partial charge is 0.339 e. The lowest BCUT2D eigenvalue weighted by Gasteiger charge is -2.10. The maximum atomic E-state index is 9.32. The number of halogens is 1. The number of aryl methyl sites for hydroxylation is 1. The molecule has 3 nitrogen and oxygen atoms in total. The van der Waals surface area contributed by atoms with Crippen LogP contribution in [0.5, 0.6) is 0 Å². The molecule has 3 rings (SSSR count). The number of hydrogen-bond donors (Lipinski definition) is 1. The Balaban J connectivity index is 2.06. The molecule has 1 heterocycles. The number of nitrogens with one attached hydrogen (secondary N) is 1. The highest BCUT2D eigenvalue weighted by Gasteiger charge is 2.07. The van der Waals surface area contributed by atoms with E-state index in [9.17, 15) is 5.26 Å². The summed E-state index contributed by atoms with van der Waals surface area (Å²) in [6.45, 7) is 2.02. The molecule has 1 N–H and O–H groups in total. The maximum absolute atomic E-state index is 9.32. The Bertz CT molecular complexity index is 866. The molecule has 102 valence electrons. The molecule has 0 unspecified atom stereocenters. The molecule has 0 fully saturated rings. The van der Waals surface area contributed by atoms with Gasteiger partial charge in [0.1, 0.15) is 11.9 Å². The van der Waals surface area contributed by atoms with Crippen molar-refractivity contribution < 1.29 is 0 Å². The Labute approximate surface area is 131 Å². The van der Waals surface area contributed by atoms with Crippen molar-refractivity contribution in [3.63, 3.8) is 0 Å². The third kappa shape index (κ3) is 2.74. The number of nitriles is 1. The van der Waals surface area contributed by atoms with Gasteiger partial charge in [-0.25, -0.2) is 4.98 Å². The van der Waals surface area contributed by atoms with E-state index < -0.39 is 0 Å². The number of nitrogens with zero attached hydrogens (tertiary/aromatic N) is 2. The van der Waals surface area contributed by atoms with Crippen LogP contribution >= 0.6 is 15.9 Å². The fraction of sp³-hybridized carbons (Fsp3) is 0.0588.